The molecule has 0 spiro atoms. The second-order valence-corrected chi connectivity index (χ2v) is 4.70. The molecule has 0 amide bonds. The summed E-state index contributed by atoms with van der Waals surface area (Å²) in [5, 5.41) is 8.85. The van der Waals surface area contributed by atoms with Crippen LogP contribution in [0.2, 0.25) is 0 Å². The molecule has 0 saturated carbocycles. The van der Waals surface area contributed by atoms with Crippen LogP contribution in [-0.2, 0) is 6.18 Å². The van der Waals surface area contributed by atoms with Crippen LogP contribution in [0.15, 0.2) is 18.3 Å². The Balaban J connectivity index is 2.14. The van der Waals surface area contributed by atoms with Crippen LogP contribution in [0, 0.1) is 11.3 Å². The zero-order chi connectivity index (χ0) is 14.8. The van der Waals surface area contributed by atoms with Crippen molar-refractivity contribution in [3.63, 3.8) is 0 Å². The Morgan fingerprint density at radius 2 is 1.95 bits per heavy atom. The summed E-state index contributed by atoms with van der Waals surface area (Å²) < 4.78 is 38.8. The molecule has 1 aliphatic rings. The van der Waals surface area contributed by atoms with E-state index < -0.39 is 11.7 Å². The van der Waals surface area contributed by atoms with Gasteiger partial charge >= 0.3 is 6.18 Å². The molecule has 1 atom stereocenters. The topological polar surface area (TPSA) is 43.2 Å². The third-order valence-electron chi connectivity index (χ3n) is 3.44. The molecule has 0 N–H and O–H groups in total. The number of rotatable bonds is 2. The lowest BCUT2D eigenvalue weighted by Gasteiger charge is -2.37. The molecule has 108 valence electrons. The van der Waals surface area contributed by atoms with Gasteiger partial charge in [0.25, 0.3) is 0 Å². The number of piperazine rings is 1. The predicted octanol–water partition coefficient (Wildman–Crippen LogP) is 2.13. The van der Waals surface area contributed by atoms with Crippen LogP contribution in [0.25, 0.3) is 0 Å². The smallest absolute Gasteiger partial charge is 0.354 e. The van der Waals surface area contributed by atoms with Gasteiger partial charge in [-0.1, -0.05) is 0 Å². The number of hydrogen-bond donors (Lipinski definition) is 0. The highest BCUT2D eigenvalue weighted by atomic mass is 19.4. The minimum absolute atomic E-state index is 0.0238. The van der Waals surface area contributed by atoms with Crippen LogP contribution < -0.4 is 4.90 Å². The molecule has 7 heteroatoms. The molecule has 1 aliphatic heterocycles. The number of aromatic nitrogens is 1. The fourth-order valence-electron chi connectivity index (χ4n) is 2.27. The Morgan fingerprint density at radius 3 is 2.50 bits per heavy atom. The largest absolute Gasteiger partial charge is 0.419 e. The number of nitriles is 1. The highest BCUT2D eigenvalue weighted by Crippen LogP contribution is 2.35. The minimum atomic E-state index is -4.40. The van der Waals surface area contributed by atoms with E-state index in [2.05, 4.69) is 11.1 Å². The third-order valence-corrected chi connectivity index (χ3v) is 3.44. The van der Waals surface area contributed by atoms with E-state index in [9.17, 15) is 13.2 Å². The van der Waals surface area contributed by atoms with E-state index in [0.717, 1.165) is 6.07 Å². The molecule has 1 saturated heterocycles. The van der Waals surface area contributed by atoms with Crippen molar-refractivity contribution in [3.05, 3.63) is 23.9 Å². The Hall–Kier alpha value is -1.81. The van der Waals surface area contributed by atoms with Crippen molar-refractivity contribution in [1.29, 1.82) is 5.26 Å². The van der Waals surface area contributed by atoms with Crippen LogP contribution >= 0.6 is 0 Å². The van der Waals surface area contributed by atoms with Gasteiger partial charge in [-0.3, -0.25) is 4.90 Å². The standard InChI is InChI=1S/C13H15F3N4/c1-10(9-17)19-5-7-20(8-6-19)12-11(13(14,15)16)3-2-4-18-12/h2-4,10H,5-8H2,1H3. The van der Waals surface area contributed by atoms with Crippen molar-refractivity contribution in [2.24, 2.45) is 0 Å². The Bertz CT molecular complexity index is 501. The lowest BCUT2D eigenvalue weighted by atomic mass is 10.2. The van der Waals surface area contributed by atoms with Crippen molar-refractivity contribution in [3.8, 4) is 6.07 Å². The van der Waals surface area contributed by atoms with Gasteiger partial charge in [-0.25, -0.2) is 4.98 Å². The molecule has 1 unspecified atom stereocenters. The van der Waals surface area contributed by atoms with Gasteiger partial charge in [0.2, 0.25) is 0 Å². The summed E-state index contributed by atoms with van der Waals surface area (Å²) >= 11 is 0. The van der Waals surface area contributed by atoms with Gasteiger partial charge in [0.05, 0.1) is 17.7 Å². The molecule has 2 heterocycles. The quantitative estimate of drug-likeness (QED) is 0.834. The van der Waals surface area contributed by atoms with E-state index in [1.165, 1.54) is 12.3 Å². The van der Waals surface area contributed by atoms with E-state index >= 15 is 0 Å². The van der Waals surface area contributed by atoms with Crippen LogP contribution in [-0.4, -0.2) is 42.1 Å². The Morgan fingerprint density at radius 1 is 1.30 bits per heavy atom. The fourth-order valence-corrected chi connectivity index (χ4v) is 2.27. The number of halogens is 3. The summed E-state index contributed by atoms with van der Waals surface area (Å²) in [6, 6.07) is 4.26. The first kappa shape index (κ1) is 14.6. The second kappa shape index (κ2) is 5.67. The molecule has 1 aromatic heterocycles. The lowest BCUT2D eigenvalue weighted by Crippen LogP contribution is -2.49. The molecular formula is C13H15F3N4. The maximum absolute atomic E-state index is 12.9. The minimum Gasteiger partial charge on any atom is -0.354 e. The zero-order valence-electron chi connectivity index (χ0n) is 11.1. The zero-order valence-corrected chi connectivity index (χ0v) is 11.1. The van der Waals surface area contributed by atoms with Gasteiger partial charge < -0.3 is 4.90 Å². The maximum Gasteiger partial charge on any atom is 0.419 e. The summed E-state index contributed by atoms with van der Waals surface area (Å²) in [7, 11) is 0. The molecule has 1 fully saturated rings. The van der Waals surface area contributed by atoms with Crippen molar-refractivity contribution in [2.45, 2.75) is 19.1 Å². The summed E-state index contributed by atoms with van der Waals surface area (Å²) in [6.07, 6.45) is -3.03. The van der Waals surface area contributed by atoms with Crippen LogP contribution in [0.1, 0.15) is 12.5 Å². The second-order valence-electron chi connectivity index (χ2n) is 4.70. The average molecular weight is 284 g/mol. The SMILES string of the molecule is CC(C#N)N1CCN(c2ncccc2C(F)(F)F)CC1. The first-order valence-electron chi connectivity index (χ1n) is 6.34. The van der Waals surface area contributed by atoms with Gasteiger partial charge in [0, 0.05) is 32.4 Å². The number of alkyl halides is 3. The first-order chi connectivity index (χ1) is 9.43. The van der Waals surface area contributed by atoms with Crippen LogP contribution in [0.5, 0.6) is 0 Å². The average Bonchev–Trinajstić information content (AvgIpc) is 2.46. The number of nitrogens with zero attached hydrogens (tertiary/aromatic N) is 4. The van der Waals surface area contributed by atoms with Crippen molar-refractivity contribution < 1.29 is 13.2 Å². The van der Waals surface area contributed by atoms with Crippen molar-refractivity contribution in [1.82, 2.24) is 9.88 Å². The molecule has 0 radical (unpaired) electrons. The Labute approximate surface area is 115 Å². The fraction of sp³-hybridized carbons (Fsp3) is 0.538. The van der Waals surface area contributed by atoms with E-state index in [-0.39, 0.29) is 11.9 Å². The monoisotopic (exact) mass is 284 g/mol. The maximum atomic E-state index is 12.9. The molecule has 0 aromatic carbocycles. The third kappa shape index (κ3) is 3.02. The van der Waals surface area contributed by atoms with Crippen molar-refractivity contribution in [2.75, 3.05) is 31.1 Å². The molecule has 4 nitrogen and oxygen atoms in total. The van der Waals surface area contributed by atoms with Gasteiger partial charge in [-0.2, -0.15) is 18.4 Å². The van der Waals surface area contributed by atoms with E-state index in [1.807, 2.05) is 4.90 Å². The van der Waals surface area contributed by atoms with Gasteiger partial charge in [-0.05, 0) is 19.1 Å². The number of hydrogen-bond acceptors (Lipinski definition) is 4. The predicted molar refractivity (Wildman–Crippen MR) is 68.1 cm³/mol. The molecule has 20 heavy (non-hydrogen) atoms. The van der Waals surface area contributed by atoms with Gasteiger partial charge in [0.15, 0.2) is 0 Å². The van der Waals surface area contributed by atoms with Gasteiger partial charge in [-0.15, -0.1) is 0 Å². The Kier molecular flexibility index (Phi) is 4.14. The highest BCUT2D eigenvalue weighted by molar-refractivity contribution is 5.48. The van der Waals surface area contributed by atoms with E-state index in [4.69, 9.17) is 5.26 Å². The summed E-state index contributed by atoms with van der Waals surface area (Å²) in [4.78, 5) is 7.46. The number of anilines is 1. The van der Waals surface area contributed by atoms with Crippen molar-refractivity contribution >= 4 is 5.82 Å². The summed E-state index contributed by atoms with van der Waals surface area (Å²) in [5.74, 6) is -0.0238. The molecule has 0 bridgehead atoms. The highest BCUT2D eigenvalue weighted by Gasteiger charge is 2.36. The molecule has 1 aromatic rings. The van der Waals surface area contributed by atoms with Gasteiger partial charge in [0.1, 0.15) is 5.82 Å². The lowest BCUT2D eigenvalue weighted by molar-refractivity contribution is -0.137. The molecule has 0 aliphatic carbocycles. The summed E-state index contributed by atoms with van der Waals surface area (Å²) in [5.41, 5.74) is -0.707. The summed E-state index contributed by atoms with van der Waals surface area (Å²) in [6.45, 7) is 3.78. The number of pyridine rings is 1. The molecular weight excluding hydrogens is 269 g/mol. The molecule has 2 rings (SSSR count). The van der Waals surface area contributed by atoms with Crippen LogP contribution in [0.3, 0.4) is 0 Å². The van der Waals surface area contributed by atoms with Crippen LogP contribution in [0.4, 0.5) is 19.0 Å². The van der Waals surface area contributed by atoms with E-state index in [1.54, 1.807) is 11.8 Å². The first-order valence-corrected chi connectivity index (χ1v) is 6.34. The van der Waals surface area contributed by atoms with E-state index in [0.29, 0.717) is 26.2 Å². The normalized spacial score (nSPS) is 18.6.